The fourth-order valence-corrected chi connectivity index (χ4v) is 6.21. The summed E-state index contributed by atoms with van der Waals surface area (Å²) in [5, 5.41) is 8.51. The summed E-state index contributed by atoms with van der Waals surface area (Å²) < 4.78 is 2.03. The molecule has 1 aromatic carbocycles. The fourth-order valence-electron chi connectivity index (χ4n) is 5.89. The van der Waals surface area contributed by atoms with Gasteiger partial charge < -0.3 is 15.2 Å². The van der Waals surface area contributed by atoms with E-state index in [1.54, 1.807) is 0 Å². The van der Waals surface area contributed by atoms with Gasteiger partial charge in [0.05, 0.1) is 16.7 Å². The van der Waals surface area contributed by atoms with Crippen LogP contribution in [0, 0.1) is 11.8 Å². The maximum Gasteiger partial charge on any atom is 0.225 e. The highest BCUT2D eigenvalue weighted by Gasteiger charge is 2.35. The van der Waals surface area contributed by atoms with Gasteiger partial charge in [-0.15, -0.1) is 0 Å². The van der Waals surface area contributed by atoms with E-state index in [2.05, 4.69) is 50.5 Å². The number of amides is 1. The number of piperazine rings is 1. The van der Waals surface area contributed by atoms with E-state index in [0.29, 0.717) is 16.9 Å². The van der Waals surface area contributed by atoms with Gasteiger partial charge >= 0.3 is 0 Å². The fraction of sp³-hybridized carbons (Fsp3) is 0.467. The molecule has 0 bridgehead atoms. The zero-order chi connectivity index (χ0) is 27.2. The minimum Gasteiger partial charge on any atom is -0.340 e. The van der Waals surface area contributed by atoms with Crippen molar-refractivity contribution in [3.05, 3.63) is 53.4 Å². The highest BCUT2D eigenvalue weighted by molar-refractivity contribution is 6.37. The predicted octanol–water partition coefficient (Wildman–Crippen LogP) is 5.63. The number of fused-ring (bicyclic) bond motifs is 1. The lowest BCUT2D eigenvalue weighted by molar-refractivity contribution is -0.134. The van der Waals surface area contributed by atoms with Crippen LogP contribution in [-0.4, -0.2) is 66.6 Å². The van der Waals surface area contributed by atoms with Gasteiger partial charge in [-0.25, -0.2) is 9.97 Å². The van der Waals surface area contributed by atoms with Gasteiger partial charge in [-0.3, -0.25) is 14.4 Å². The van der Waals surface area contributed by atoms with E-state index >= 15 is 0 Å². The van der Waals surface area contributed by atoms with Crippen molar-refractivity contribution in [2.24, 2.45) is 11.8 Å². The first-order valence-corrected chi connectivity index (χ1v) is 14.9. The maximum absolute atomic E-state index is 12.4. The third-order valence-corrected chi connectivity index (χ3v) is 9.20. The molecule has 1 saturated heterocycles. The van der Waals surface area contributed by atoms with E-state index in [9.17, 15) is 4.79 Å². The molecular weight excluding hydrogens is 524 g/mol. The molecule has 3 aromatic heterocycles. The SMILES string of the molecule is CC(c1ccnc(Nc2nc3c(Cl)c(-c4cnn(CC5CCC5)c4)ccc3[nH]2)c1)N1CCN(C(=O)C2CC2)CC1. The number of anilines is 2. The van der Waals surface area contributed by atoms with Crippen molar-refractivity contribution in [1.82, 2.24) is 34.5 Å². The summed E-state index contributed by atoms with van der Waals surface area (Å²) in [6.07, 6.45) is 11.8. The van der Waals surface area contributed by atoms with E-state index < -0.39 is 0 Å². The van der Waals surface area contributed by atoms with Gasteiger partial charge in [-0.2, -0.15) is 5.10 Å². The zero-order valence-electron chi connectivity index (χ0n) is 22.8. The van der Waals surface area contributed by atoms with E-state index in [-0.39, 0.29) is 12.0 Å². The summed E-state index contributed by atoms with van der Waals surface area (Å²) >= 11 is 6.86. The number of aromatic nitrogens is 5. The first-order valence-electron chi connectivity index (χ1n) is 14.5. The molecule has 2 aliphatic carbocycles. The van der Waals surface area contributed by atoms with E-state index in [0.717, 1.165) is 79.5 Å². The van der Waals surface area contributed by atoms with Crippen LogP contribution in [0.4, 0.5) is 11.8 Å². The van der Waals surface area contributed by atoms with Crippen LogP contribution in [0.1, 0.15) is 50.6 Å². The second-order valence-corrected chi connectivity index (χ2v) is 11.9. The Hall–Kier alpha value is -3.43. The molecule has 4 aromatic rings. The minimum absolute atomic E-state index is 0.222. The highest BCUT2D eigenvalue weighted by Crippen LogP contribution is 2.35. The average Bonchev–Trinajstić information content (AvgIpc) is 3.56. The molecule has 1 aliphatic heterocycles. The van der Waals surface area contributed by atoms with Crippen LogP contribution in [0.5, 0.6) is 0 Å². The van der Waals surface area contributed by atoms with E-state index in [4.69, 9.17) is 16.6 Å². The van der Waals surface area contributed by atoms with Crippen LogP contribution in [0.25, 0.3) is 22.2 Å². The number of pyridine rings is 1. The average molecular weight is 559 g/mol. The zero-order valence-corrected chi connectivity index (χ0v) is 23.6. The van der Waals surface area contributed by atoms with Crippen molar-refractivity contribution in [2.75, 3.05) is 31.5 Å². The topological polar surface area (TPSA) is 95.0 Å². The normalized spacial score (nSPS) is 19.1. The van der Waals surface area contributed by atoms with Gasteiger partial charge in [0, 0.05) is 68.2 Å². The number of halogens is 1. The molecule has 1 amide bonds. The molecule has 10 heteroatoms. The smallest absolute Gasteiger partial charge is 0.225 e. The Morgan fingerprint density at radius 2 is 1.98 bits per heavy atom. The Bertz CT molecular complexity index is 1530. The molecule has 1 unspecified atom stereocenters. The number of nitrogens with one attached hydrogen (secondary N) is 2. The molecular formula is C30H35ClN8O. The molecule has 1 atom stereocenters. The number of carbonyl (C=O) groups excluding carboxylic acids is 1. The summed E-state index contributed by atoms with van der Waals surface area (Å²) in [6.45, 7) is 6.56. The molecule has 208 valence electrons. The number of carbonyl (C=O) groups is 1. The van der Waals surface area contributed by atoms with E-state index in [1.807, 2.05) is 34.1 Å². The second-order valence-electron chi connectivity index (χ2n) is 11.6. The number of benzene rings is 1. The van der Waals surface area contributed by atoms with Crippen LogP contribution in [0.3, 0.4) is 0 Å². The lowest BCUT2D eigenvalue weighted by atomic mass is 9.85. The van der Waals surface area contributed by atoms with Gasteiger partial charge in [-0.1, -0.05) is 24.1 Å². The first kappa shape index (κ1) is 25.5. The summed E-state index contributed by atoms with van der Waals surface area (Å²) in [7, 11) is 0. The molecule has 0 radical (unpaired) electrons. The number of aromatic amines is 1. The van der Waals surface area contributed by atoms with Crippen molar-refractivity contribution in [1.29, 1.82) is 0 Å². The Labute approximate surface area is 238 Å². The lowest BCUT2D eigenvalue weighted by Crippen LogP contribution is -2.49. The van der Waals surface area contributed by atoms with Gasteiger partial charge in [0.2, 0.25) is 11.9 Å². The molecule has 2 saturated carbocycles. The standard InChI is InChI=1S/C30H35ClN8O/c1-19(37-11-13-38(14-12-37)29(40)21-5-6-21)22-9-10-32-26(15-22)35-30-34-25-8-7-24(27(31)28(25)36-30)23-16-33-39(18-23)17-20-3-2-4-20/h7-10,15-16,18-21H,2-6,11-14,17H2,1H3,(H2,32,34,35,36). The van der Waals surface area contributed by atoms with Crippen LogP contribution in [0.15, 0.2) is 42.9 Å². The summed E-state index contributed by atoms with van der Waals surface area (Å²) in [6, 6.07) is 8.39. The molecule has 3 fully saturated rings. The molecule has 3 aliphatic rings. The van der Waals surface area contributed by atoms with Crippen LogP contribution >= 0.6 is 11.6 Å². The largest absolute Gasteiger partial charge is 0.340 e. The number of rotatable bonds is 8. The molecule has 2 N–H and O–H groups in total. The van der Waals surface area contributed by atoms with Crippen molar-refractivity contribution < 1.29 is 4.79 Å². The number of nitrogens with zero attached hydrogens (tertiary/aromatic N) is 6. The van der Waals surface area contributed by atoms with Crippen LogP contribution in [0.2, 0.25) is 5.02 Å². The van der Waals surface area contributed by atoms with Crippen LogP contribution < -0.4 is 5.32 Å². The Morgan fingerprint density at radius 1 is 1.15 bits per heavy atom. The molecule has 4 heterocycles. The summed E-state index contributed by atoms with van der Waals surface area (Å²) in [5.74, 6) is 2.70. The molecule has 7 rings (SSSR count). The van der Waals surface area contributed by atoms with Crippen molar-refractivity contribution in [2.45, 2.75) is 51.6 Å². The van der Waals surface area contributed by atoms with Gasteiger partial charge in [-0.05, 0) is 62.3 Å². The number of hydrogen-bond donors (Lipinski definition) is 2. The van der Waals surface area contributed by atoms with Crippen molar-refractivity contribution in [3.8, 4) is 11.1 Å². The number of imidazole rings is 1. The minimum atomic E-state index is 0.222. The number of H-pyrrole nitrogens is 1. The molecule has 0 spiro atoms. The second kappa shape index (κ2) is 10.5. The maximum atomic E-state index is 12.4. The van der Waals surface area contributed by atoms with Crippen molar-refractivity contribution in [3.63, 3.8) is 0 Å². The van der Waals surface area contributed by atoms with E-state index in [1.165, 1.54) is 24.8 Å². The summed E-state index contributed by atoms with van der Waals surface area (Å²) in [5.41, 5.74) is 4.69. The molecule has 9 nitrogen and oxygen atoms in total. The van der Waals surface area contributed by atoms with Gasteiger partial charge in [0.15, 0.2) is 0 Å². The third kappa shape index (κ3) is 5.08. The van der Waals surface area contributed by atoms with Crippen LogP contribution in [-0.2, 0) is 11.3 Å². The first-order chi connectivity index (χ1) is 19.5. The third-order valence-electron chi connectivity index (χ3n) is 8.82. The predicted molar refractivity (Wildman–Crippen MR) is 156 cm³/mol. The number of hydrogen-bond acceptors (Lipinski definition) is 6. The lowest BCUT2D eigenvalue weighted by Gasteiger charge is -2.38. The molecule has 40 heavy (non-hydrogen) atoms. The monoisotopic (exact) mass is 558 g/mol. The van der Waals surface area contributed by atoms with Gasteiger partial charge in [0.1, 0.15) is 11.3 Å². The van der Waals surface area contributed by atoms with Gasteiger partial charge in [0.25, 0.3) is 0 Å². The highest BCUT2D eigenvalue weighted by atomic mass is 35.5. The summed E-state index contributed by atoms with van der Waals surface area (Å²) in [4.78, 5) is 29.5. The quantitative estimate of drug-likeness (QED) is 0.291. The Morgan fingerprint density at radius 3 is 2.73 bits per heavy atom. The Balaban J connectivity index is 1.04. The Kier molecular flexibility index (Phi) is 6.71. The van der Waals surface area contributed by atoms with Crippen molar-refractivity contribution >= 4 is 40.3 Å².